The van der Waals surface area contributed by atoms with Crippen LogP contribution in [0.2, 0.25) is 5.28 Å². The lowest BCUT2D eigenvalue weighted by Gasteiger charge is -1.98. The van der Waals surface area contributed by atoms with Crippen LogP contribution in [0.1, 0.15) is 0 Å². The summed E-state index contributed by atoms with van der Waals surface area (Å²) in [6.07, 6.45) is 1.67. The molecule has 15 heavy (non-hydrogen) atoms. The van der Waals surface area contributed by atoms with Crippen LogP contribution in [-0.2, 0) is 0 Å². The molecule has 0 aliphatic rings. The van der Waals surface area contributed by atoms with E-state index in [1.54, 1.807) is 6.20 Å². The maximum atomic E-state index is 6.01. The summed E-state index contributed by atoms with van der Waals surface area (Å²) in [5.74, 6) is 0. The van der Waals surface area contributed by atoms with Crippen molar-refractivity contribution in [2.45, 2.75) is 0 Å². The number of nitrogens with zero attached hydrogens (tertiary/aromatic N) is 3. The second-order valence-electron chi connectivity index (χ2n) is 3.17. The first kappa shape index (κ1) is 8.95. The van der Waals surface area contributed by atoms with Crippen molar-refractivity contribution in [1.29, 1.82) is 0 Å². The van der Waals surface area contributed by atoms with Gasteiger partial charge in [0.2, 0.25) is 5.28 Å². The van der Waals surface area contributed by atoms with Crippen molar-refractivity contribution in [3.63, 3.8) is 0 Å². The second kappa shape index (κ2) is 3.08. The molecule has 0 bridgehead atoms. The predicted molar refractivity (Wildman–Crippen MR) is 61.3 cm³/mol. The Morgan fingerprint density at radius 3 is 2.80 bits per heavy atom. The number of hydrogen-bond donors (Lipinski definition) is 0. The largest absolute Gasteiger partial charge is 0.254 e. The van der Waals surface area contributed by atoms with E-state index >= 15 is 0 Å². The lowest BCUT2D eigenvalue weighted by atomic mass is 10.2. The van der Waals surface area contributed by atoms with E-state index in [-0.39, 0.29) is 5.28 Å². The molecule has 2 heterocycles. The third-order valence-corrected chi connectivity index (χ3v) is 2.97. The summed E-state index contributed by atoms with van der Waals surface area (Å²) in [4.78, 5) is 8.37. The Morgan fingerprint density at radius 1 is 1.13 bits per heavy atom. The molecule has 0 saturated carbocycles. The van der Waals surface area contributed by atoms with Crippen LogP contribution in [0.4, 0.5) is 0 Å². The number of fused-ring (bicyclic) bond motifs is 3. The van der Waals surface area contributed by atoms with Crippen LogP contribution in [-0.4, -0.2) is 14.1 Å². The lowest BCUT2D eigenvalue weighted by Crippen LogP contribution is -1.83. The van der Waals surface area contributed by atoms with Crippen molar-refractivity contribution in [1.82, 2.24) is 14.1 Å². The molecule has 5 heteroatoms. The van der Waals surface area contributed by atoms with E-state index in [1.807, 2.05) is 24.3 Å². The normalized spacial score (nSPS) is 11.3. The van der Waals surface area contributed by atoms with Gasteiger partial charge < -0.3 is 0 Å². The molecular weight excluding hydrogens is 233 g/mol. The highest BCUT2D eigenvalue weighted by Crippen LogP contribution is 2.26. The van der Waals surface area contributed by atoms with Gasteiger partial charge in [-0.15, -0.1) is 0 Å². The molecule has 0 aliphatic carbocycles. The molecule has 3 aromatic rings. The fourth-order valence-electron chi connectivity index (χ4n) is 1.64. The average molecular weight is 238 g/mol. The van der Waals surface area contributed by atoms with E-state index in [4.69, 9.17) is 23.4 Å². The molecule has 0 N–H and O–H groups in total. The van der Waals surface area contributed by atoms with Gasteiger partial charge in [-0.05, 0) is 17.7 Å². The maximum absolute atomic E-state index is 6.01. The molecule has 2 aromatic heterocycles. The van der Waals surface area contributed by atoms with Gasteiger partial charge in [-0.25, -0.2) is 9.07 Å². The van der Waals surface area contributed by atoms with Crippen LogP contribution < -0.4 is 0 Å². The van der Waals surface area contributed by atoms with Crippen LogP contribution in [0.15, 0.2) is 30.5 Å². The number of para-hydroxylation sites is 1. The molecule has 3 nitrogen and oxygen atoms in total. The smallest absolute Gasteiger partial charge is 0.218 e. The summed E-state index contributed by atoms with van der Waals surface area (Å²) in [6, 6.07) is 7.73. The van der Waals surface area contributed by atoms with Crippen molar-refractivity contribution in [2.75, 3.05) is 0 Å². The van der Waals surface area contributed by atoms with Crippen molar-refractivity contribution in [3.05, 3.63) is 35.7 Å². The minimum atomic E-state index is 0.254. The molecule has 3 rings (SSSR count). The summed E-state index contributed by atoms with van der Waals surface area (Å²) in [5, 5.41) is 1.20. The van der Waals surface area contributed by atoms with Gasteiger partial charge in [-0.2, -0.15) is 0 Å². The highest BCUT2D eigenvalue weighted by Gasteiger charge is 2.10. The van der Waals surface area contributed by atoms with Gasteiger partial charge in [0.25, 0.3) is 0 Å². The Bertz CT molecular complexity index is 660. The first-order valence-corrected chi connectivity index (χ1v) is 5.07. The minimum Gasteiger partial charge on any atom is -0.254 e. The van der Waals surface area contributed by atoms with Crippen molar-refractivity contribution >= 4 is 45.3 Å². The molecular formula is C10H5Cl2N3. The summed E-state index contributed by atoms with van der Waals surface area (Å²) < 4.78 is 1.35. The Balaban J connectivity index is 2.63. The van der Waals surface area contributed by atoms with Gasteiger partial charge in [-0.1, -0.05) is 18.2 Å². The maximum Gasteiger partial charge on any atom is 0.218 e. The van der Waals surface area contributed by atoms with E-state index < -0.39 is 0 Å². The number of imidazole rings is 1. The van der Waals surface area contributed by atoms with Gasteiger partial charge in [0.1, 0.15) is 5.52 Å². The Kier molecular flexibility index (Phi) is 1.84. The van der Waals surface area contributed by atoms with E-state index in [2.05, 4.69) is 9.97 Å². The van der Waals surface area contributed by atoms with Crippen molar-refractivity contribution < 1.29 is 0 Å². The lowest BCUT2D eigenvalue weighted by molar-refractivity contribution is 1.25. The summed E-state index contributed by atoms with van der Waals surface area (Å²) in [6.45, 7) is 0. The zero-order valence-corrected chi connectivity index (χ0v) is 9.00. The van der Waals surface area contributed by atoms with Gasteiger partial charge in [0.15, 0.2) is 0 Å². The SMILES string of the molecule is Clc1nc2cnc3ccccc3c2n1Cl. The Morgan fingerprint density at radius 2 is 1.93 bits per heavy atom. The first-order valence-electron chi connectivity index (χ1n) is 4.35. The Hall–Kier alpha value is -1.32. The van der Waals surface area contributed by atoms with Crippen LogP contribution in [0, 0.1) is 0 Å². The molecule has 0 saturated heterocycles. The zero-order valence-electron chi connectivity index (χ0n) is 7.48. The molecule has 0 fully saturated rings. The fraction of sp³-hybridized carbons (Fsp3) is 0. The molecule has 0 aliphatic heterocycles. The topological polar surface area (TPSA) is 30.7 Å². The first-order chi connectivity index (χ1) is 7.27. The van der Waals surface area contributed by atoms with Crippen LogP contribution in [0.25, 0.3) is 21.9 Å². The predicted octanol–water partition coefficient (Wildman–Crippen LogP) is 3.24. The molecule has 0 amide bonds. The second-order valence-corrected chi connectivity index (χ2v) is 3.85. The van der Waals surface area contributed by atoms with Crippen LogP contribution >= 0.6 is 23.4 Å². The third kappa shape index (κ3) is 1.20. The highest BCUT2D eigenvalue weighted by molar-refractivity contribution is 6.34. The van der Waals surface area contributed by atoms with Gasteiger partial charge >= 0.3 is 0 Å². The van der Waals surface area contributed by atoms with E-state index in [1.165, 1.54) is 4.09 Å². The number of hydrogen-bond acceptors (Lipinski definition) is 2. The minimum absolute atomic E-state index is 0.254. The molecule has 0 unspecified atom stereocenters. The van der Waals surface area contributed by atoms with Crippen molar-refractivity contribution in [3.8, 4) is 0 Å². The third-order valence-electron chi connectivity index (χ3n) is 2.30. The van der Waals surface area contributed by atoms with E-state index in [0.29, 0.717) is 5.52 Å². The summed E-state index contributed by atoms with van der Waals surface area (Å²) in [5.41, 5.74) is 2.38. The standard InChI is InChI=1S/C10H5Cl2N3/c11-10-14-8-5-13-7-4-2-1-3-6(7)9(8)15(10)12/h1-5H. The molecule has 0 atom stereocenters. The fourth-order valence-corrected chi connectivity index (χ4v) is 2.03. The summed E-state index contributed by atoms with van der Waals surface area (Å²) >= 11 is 11.9. The summed E-state index contributed by atoms with van der Waals surface area (Å²) in [7, 11) is 0. The van der Waals surface area contributed by atoms with Gasteiger partial charge in [0, 0.05) is 17.2 Å². The number of halogens is 2. The molecule has 1 aromatic carbocycles. The van der Waals surface area contributed by atoms with E-state index in [0.717, 1.165) is 16.4 Å². The number of aromatic nitrogens is 3. The number of rotatable bonds is 0. The highest BCUT2D eigenvalue weighted by atomic mass is 35.5. The number of benzene rings is 1. The molecule has 0 radical (unpaired) electrons. The molecule has 74 valence electrons. The van der Waals surface area contributed by atoms with Crippen LogP contribution in [0.3, 0.4) is 0 Å². The van der Waals surface area contributed by atoms with Crippen LogP contribution in [0.5, 0.6) is 0 Å². The monoisotopic (exact) mass is 237 g/mol. The zero-order chi connectivity index (χ0) is 10.4. The van der Waals surface area contributed by atoms with Gasteiger partial charge in [0.05, 0.1) is 17.2 Å². The quantitative estimate of drug-likeness (QED) is 0.601. The average Bonchev–Trinajstić information content (AvgIpc) is 2.55. The van der Waals surface area contributed by atoms with E-state index in [9.17, 15) is 0 Å². The Labute approximate surface area is 95.4 Å². The molecule has 0 spiro atoms. The number of pyridine rings is 1. The van der Waals surface area contributed by atoms with Crippen molar-refractivity contribution in [2.24, 2.45) is 0 Å². The van der Waals surface area contributed by atoms with Gasteiger partial charge in [-0.3, -0.25) is 4.98 Å².